The molecule has 0 bridgehead atoms. The lowest BCUT2D eigenvalue weighted by atomic mass is 10.0. The molecule has 0 aliphatic heterocycles. The molecule has 0 aromatic heterocycles. The van der Waals surface area contributed by atoms with Crippen LogP contribution in [0.2, 0.25) is 0 Å². The molecular formula is C14H19N. The predicted octanol–water partition coefficient (Wildman–Crippen LogP) is 3.23. The van der Waals surface area contributed by atoms with Crippen LogP contribution in [-0.2, 0) is 6.54 Å². The normalized spacial score (nSPS) is 17.4. The van der Waals surface area contributed by atoms with Crippen LogP contribution in [0.1, 0.15) is 36.8 Å². The quantitative estimate of drug-likeness (QED) is 0.721. The molecule has 0 amide bonds. The zero-order valence-corrected chi connectivity index (χ0v) is 9.37. The highest BCUT2D eigenvalue weighted by Crippen LogP contribution is 2.41. The summed E-state index contributed by atoms with van der Waals surface area (Å²) in [5.74, 6) is 0.835. The summed E-state index contributed by atoms with van der Waals surface area (Å²) in [6, 6.07) is 9.16. The van der Waals surface area contributed by atoms with Gasteiger partial charge in [0.2, 0.25) is 0 Å². The van der Waals surface area contributed by atoms with E-state index in [1.807, 2.05) is 6.08 Å². The lowest BCUT2D eigenvalue weighted by molar-refractivity contribution is 0.631. The Bertz CT molecular complexity index is 339. The van der Waals surface area contributed by atoms with Gasteiger partial charge in [0.15, 0.2) is 0 Å². The predicted molar refractivity (Wildman–Crippen MR) is 64.9 cm³/mol. The van der Waals surface area contributed by atoms with E-state index in [0.29, 0.717) is 6.04 Å². The maximum Gasteiger partial charge on any atom is 0.0222 e. The molecule has 0 heterocycles. The van der Waals surface area contributed by atoms with E-state index in [1.165, 1.54) is 18.4 Å². The molecule has 1 aliphatic carbocycles. The summed E-state index contributed by atoms with van der Waals surface area (Å²) in [5, 5.41) is 3.45. The average Bonchev–Trinajstić information content (AvgIpc) is 3.10. The van der Waals surface area contributed by atoms with Crippen molar-refractivity contribution in [3.8, 4) is 0 Å². The Morgan fingerprint density at radius 1 is 1.47 bits per heavy atom. The fourth-order valence-electron chi connectivity index (χ4n) is 1.84. The molecule has 1 aliphatic rings. The molecule has 1 saturated carbocycles. The lowest BCUT2D eigenvalue weighted by Crippen LogP contribution is -2.23. The van der Waals surface area contributed by atoms with Gasteiger partial charge in [-0.25, -0.2) is 0 Å². The summed E-state index contributed by atoms with van der Waals surface area (Å²) >= 11 is 0. The first-order chi connectivity index (χ1) is 7.31. The van der Waals surface area contributed by atoms with Crippen LogP contribution in [0.5, 0.6) is 0 Å². The Hall–Kier alpha value is -1.08. The molecule has 0 saturated heterocycles. The second-order valence-electron chi connectivity index (χ2n) is 4.38. The van der Waals surface area contributed by atoms with Gasteiger partial charge in [-0.3, -0.25) is 0 Å². The van der Waals surface area contributed by atoms with Crippen molar-refractivity contribution in [3.63, 3.8) is 0 Å². The van der Waals surface area contributed by atoms with Crippen molar-refractivity contribution in [2.45, 2.75) is 38.3 Å². The van der Waals surface area contributed by atoms with E-state index in [4.69, 9.17) is 0 Å². The molecule has 1 N–H and O–H groups in total. The van der Waals surface area contributed by atoms with Crippen LogP contribution in [-0.4, -0.2) is 6.04 Å². The molecular weight excluding hydrogens is 182 g/mol. The Labute approximate surface area is 92.2 Å². The van der Waals surface area contributed by atoms with Crippen LogP contribution in [0.3, 0.4) is 0 Å². The third kappa shape index (κ3) is 2.69. The fourth-order valence-corrected chi connectivity index (χ4v) is 1.84. The Balaban J connectivity index is 2.03. The molecule has 0 spiro atoms. The van der Waals surface area contributed by atoms with Crippen LogP contribution in [0.15, 0.2) is 36.9 Å². The highest BCUT2D eigenvalue weighted by Gasteiger charge is 2.25. The van der Waals surface area contributed by atoms with Crippen molar-refractivity contribution in [2.24, 2.45) is 0 Å². The van der Waals surface area contributed by atoms with Crippen molar-refractivity contribution in [2.75, 3.05) is 0 Å². The smallest absolute Gasteiger partial charge is 0.0222 e. The first-order valence-corrected chi connectivity index (χ1v) is 5.75. The minimum Gasteiger partial charge on any atom is -0.307 e. The van der Waals surface area contributed by atoms with Crippen molar-refractivity contribution in [3.05, 3.63) is 48.0 Å². The number of hydrogen-bond acceptors (Lipinski definition) is 1. The van der Waals surface area contributed by atoms with Gasteiger partial charge in [-0.05, 0) is 36.8 Å². The lowest BCUT2D eigenvalue weighted by Gasteiger charge is -2.12. The molecule has 1 nitrogen and oxygen atoms in total. The summed E-state index contributed by atoms with van der Waals surface area (Å²) < 4.78 is 0. The van der Waals surface area contributed by atoms with Crippen molar-refractivity contribution in [1.29, 1.82) is 0 Å². The van der Waals surface area contributed by atoms with Gasteiger partial charge in [-0.1, -0.05) is 30.3 Å². The van der Waals surface area contributed by atoms with Crippen LogP contribution >= 0.6 is 0 Å². The van der Waals surface area contributed by atoms with Crippen molar-refractivity contribution >= 4 is 0 Å². The first kappa shape index (κ1) is 10.4. The van der Waals surface area contributed by atoms with E-state index in [9.17, 15) is 0 Å². The maximum absolute atomic E-state index is 3.78. The summed E-state index contributed by atoms with van der Waals surface area (Å²) in [6.45, 7) is 6.87. The minimum absolute atomic E-state index is 0.386. The zero-order chi connectivity index (χ0) is 10.7. The third-order valence-corrected chi connectivity index (χ3v) is 3.04. The fraction of sp³-hybridized carbons (Fsp3) is 0.429. The van der Waals surface area contributed by atoms with Gasteiger partial charge < -0.3 is 5.32 Å². The van der Waals surface area contributed by atoms with E-state index in [2.05, 4.69) is 43.1 Å². The van der Waals surface area contributed by atoms with E-state index in [-0.39, 0.29) is 0 Å². The summed E-state index contributed by atoms with van der Waals surface area (Å²) in [6.07, 6.45) is 4.68. The highest BCUT2D eigenvalue weighted by molar-refractivity contribution is 5.33. The molecule has 1 aromatic carbocycles. The van der Waals surface area contributed by atoms with Gasteiger partial charge in [0.05, 0.1) is 0 Å². The Kier molecular flexibility index (Phi) is 3.22. The van der Waals surface area contributed by atoms with E-state index in [0.717, 1.165) is 12.5 Å². The van der Waals surface area contributed by atoms with E-state index >= 15 is 0 Å². The van der Waals surface area contributed by atoms with Crippen molar-refractivity contribution in [1.82, 2.24) is 5.32 Å². The van der Waals surface area contributed by atoms with Gasteiger partial charge >= 0.3 is 0 Å². The minimum atomic E-state index is 0.386. The highest BCUT2D eigenvalue weighted by atomic mass is 14.9. The molecule has 0 radical (unpaired) electrons. The topological polar surface area (TPSA) is 12.0 Å². The SMILES string of the molecule is C=CC(C)NCc1ccccc1C1CC1. The molecule has 1 atom stereocenters. The second kappa shape index (κ2) is 4.63. The Morgan fingerprint density at radius 2 is 2.20 bits per heavy atom. The molecule has 1 unspecified atom stereocenters. The maximum atomic E-state index is 3.78. The van der Waals surface area contributed by atoms with Crippen LogP contribution in [0.4, 0.5) is 0 Å². The zero-order valence-electron chi connectivity index (χ0n) is 9.37. The second-order valence-corrected chi connectivity index (χ2v) is 4.38. The van der Waals surface area contributed by atoms with Gasteiger partial charge in [-0.2, -0.15) is 0 Å². The van der Waals surface area contributed by atoms with Crippen LogP contribution < -0.4 is 5.32 Å². The Morgan fingerprint density at radius 3 is 2.87 bits per heavy atom. The summed E-state index contributed by atoms with van der Waals surface area (Å²) in [5.41, 5.74) is 3.00. The third-order valence-electron chi connectivity index (χ3n) is 3.04. The molecule has 1 heteroatoms. The summed E-state index contributed by atoms with van der Waals surface area (Å²) in [4.78, 5) is 0. The van der Waals surface area contributed by atoms with Gasteiger partial charge in [0.25, 0.3) is 0 Å². The van der Waals surface area contributed by atoms with Crippen LogP contribution in [0, 0.1) is 0 Å². The number of benzene rings is 1. The monoisotopic (exact) mass is 201 g/mol. The molecule has 1 aromatic rings. The standard InChI is InChI=1S/C14H19N/c1-3-11(2)15-10-13-6-4-5-7-14(13)12-8-9-12/h3-7,11-12,15H,1,8-10H2,2H3. The van der Waals surface area contributed by atoms with Gasteiger partial charge in [0.1, 0.15) is 0 Å². The molecule has 2 rings (SSSR count). The first-order valence-electron chi connectivity index (χ1n) is 5.75. The molecule has 1 fully saturated rings. The average molecular weight is 201 g/mol. The number of nitrogens with one attached hydrogen (secondary N) is 1. The van der Waals surface area contributed by atoms with E-state index in [1.54, 1.807) is 5.56 Å². The van der Waals surface area contributed by atoms with Gasteiger partial charge in [-0.15, -0.1) is 6.58 Å². The van der Waals surface area contributed by atoms with Crippen molar-refractivity contribution < 1.29 is 0 Å². The van der Waals surface area contributed by atoms with Crippen LogP contribution in [0.25, 0.3) is 0 Å². The molecule has 80 valence electrons. The summed E-state index contributed by atoms with van der Waals surface area (Å²) in [7, 11) is 0. The van der Waals surface area contributed by atoms with E-state index < -0.39 is 0 Å². The molecule has 15 heavy (non-hydrogen) atoms. The van der Waals surface area contributed by atoms with Gasteiger partial charge in [0, 0.05) is 12.6 Å². The largest absolute Gasteiger partial charge is 0.307 e. The number of hydrogen-bond donors (Lipinski definition) is 1. The number of rotatable bonds is 5.